The average Bonchev–Trinajstić information content (AvgIpc) is 3.00. The lowest BCUT2D eigenvalue weighted by Gasteiger charge is -2.33. The quantitative estimate of drug-likeness (QED) is 0.852. The molecule has 1 unspecified atom stereocenters. The van der Waals surface area contributed by atoms with Crippen molar-refractivity contribution < 1.29 is 14.3 Å². The van der Waals surface area contributed by atoms with Crippen molar-refractivity contribution in [3.05, 3.63) is 29.8 Å². The Kier molecular flexibility index (Phi) is 6.60. The van der Waals surface area contributed by atoms with E-state index in [1.807, 2.05) is 18.2 Å². The summed E-state index contributed by atoms with van der Waals surface area (Å²) in [5.41, 5.74) is 2.18. The van der Waals surface area contributed by atoms with Gasteiger partial charge in [-0.05, 0) is 18.1 Å². The van der Waals surface area contributed by atoms with E-state index in [1.54, 1.807) is 16.9 Å². The first-order chi connectivity index (χ1) is 11.2. The number of methoxy groups -OCH3 is 1. The van der Waals surface area contributed by atoms with Gasteiger partial charge in [-0.25, -0.2) is 0 Å². The Balaban J connectivity index is 0.00000208. The van der Waals surface area contributed by atoms with Gasteiger partial charge in [0.2, 0.25) is 11.8 Å². The highest BCUT2D eigenvalue weighted by atomic mass is 35.5. The molecule has 1 saturated heterocycles. The average molecular weight is 354 g/mol. The Hall–Kier alpha value is -1.63. The molecule has 0 saturated carbocycles. The summed E-state index contributed by atoms with van der Waals surface area (Å²) in [7, 11) is 1.62. The smallest absolute Gasteiger partial charge is 0.240 e. The number of carbonyl (C=O) groups is 2. The number of ether oxygens (including phenoxy) is 1. The number of anilines is 1. The number of para-hydroxylation sites is 1. The van der Waals surface area contributed by atoms with Crippen molar-refractivity contribution in [2.24, 2.45) is 0 Å². The van der Waals surface area contributed by atoms with Gasteiger partial charge < -0.3 is 19.9 Å². The van der Waals surface area contributed by atoms with E-state index in [0.717, 1.165) is 12.1 Å². The Morgan fingerprint density at radius 1 is 1.33 bits per heavy atom. The van der Waals surface area contributed by atoms with Gasteiger partial charge in [0, 0.05) is 39.0 Å². The van der Waals surface area contributed by atoms with Crippen LogP contribution in [0.2, 0.25) is 0 Å². The Labute approximate surface area is 148 Å². The predicted octanol–water partition coefficient (Wildman–Crippen LogP) is 0.834. The maximum Gasteiger partial charge on any atom is 0.240 e. The van der Waals surface area contributed by atoms with Gasteiger partial charge in [0.15, 0.2) is 0 Å². The molecule has 1 fully saturated rings. The first-order valence-corrected chi connectivity index (χ1v) is 8.10. The summed E-state index contributed by atoms with van der Waals surface area (Å²) < 4.78 is 5.04. The third-order valence-corrected chi connectivity index (χ3v) is 4.51. The van der Waals surface area contributed by atoms with Crippen LogP contribution < -0.4 is 10.2 Å². The molecule has 1 atom stereocenters. The molecule has 7 heteroatoms. The SMILES string of the molecule is COCCN1CCNC(CC(=O)N2CCc3ccccc32)C1=O.Cl. The largest absolute Gasteiger partial charge is 0.383 e. The molecule has 0 aromatic heterocycles. The van der Waals surface area contributed by atoms with Crippen LogP contribution in [0.3, 0.4) is 0 Å². The number of nitrogens with zero attached hydrogens (tertiary/aromatic N) is 2. The number of hydrogen-bond donors (Lipinski definition) is 1. The normalized spacial score (nSPS) is 19.9. The number of rotatable bonds is 5. The molecule has 6 nitrogen and oxygen atoms in total. The van der Waals surface area contributed by atoms with E-state index < -0.39 is 6.04 Å². The van der Waals surface area contributed by atoms with Crippen molar-refractivity contribution in [2.75, 3.05) is 44.8 Å². The first-order valence-electron chi connectivity index (χ1n) is 8.10. The molecular formula is C17H24ClN3O3. The number of hydrogen-bond acceptors (Lipinski definition) is 4. The highest BCUT2D eigenvalue weighted by Gasteiger charge is 2.33. The topological polar surface area (TPSA) is 61.9 Å². The summed E-state index contributed by atoms with van der Waals surface area (Å²) >= 11 is 0. The third-order valence-electron chi connectivity index (χ3n) is 4.51. The molecule has 132 valence electrons. The van der Waals surface area contributed by atoms with Crippen LogP contribution in [0.15, 0.2) is 24.3 Å². The molecule has 1 aromatic rings. The van der Waals surface area contributed by atoms with Gasteiger partial charge in [-0.2, -0.15) is 0 Å². The van der Waals surface area contributed by atoms with Crippen molar-refractivity contribution >= 4 is 29.9 Å². The Morgan fingerprint density at radius 2 is 2.12 bits per heavy atom. The number of amides is 2. The van der Waals surface area contributed by atoms with E-state index in [-0.39, 0.29) is 30.6 Å². The number of piperazine rings is 1. The van der Waals surface area contributed by atoms with E-state index >= 15 is 0 Å². The number of nitrogens with one attached hydrogen (secondary N) is 1. The molecule has 0 radical (unpaired) electrons. The number of fused-ring (bicyclic) bond motifs is 1. The first kappa shape index (κ1) is 18.7. The van der Waals surface area contributed by atoms with Crippen LogP contribution in [0.4, 0.5) is 5.69 Å². The van der Waals surface area contributed by atoms with Gasteiger partial charge in [-0.3, -0.25) is 9.59 Å². The minimum Gasteiger partial charge on any atom is -0.383 e. The molecule has 2 aliphatic heterocycles. The van der Waals surface area contributed by atoms with Crippen molar-refractivity contribution in [2.45, 2.75) is 18.9 Å². The van der Waals surface area contributed by atoms with Gasteiger partial charge in [-0.15, -0.1) is 12.4 Å². The standard InChI is InChI=1S/C17H23N3O3.ClH/c1-23-11-10-19-9-7-18-14(17(19)22)12-16(21)20-8-6-13-4-2-3-5-15(13)20;/h2-5,14,18H,6-12H2,1H3;1H. The molecule has 0 aliphatic carbocycles. The van der Waals surface area contributed by atoms with Crippen LogP contribution >= 0.6 is 12.4 Å². The highest BCUT2D eigenvalue weighted by molar-refractivity contribution is 5.98. The molecule has 24 heavy (non-hydrogen) atoms. The second-order valence-corrected chi connectivity index (χ2v) is 5.95. The Bertz CT molecular complexity index is 596. The van der Waals surface area contributed by atoms with Crippen molar-refractivity contribution in [1.82, 2.24) is 10.2 Å². The fraction of sp³-hybridized carbons (Fsp3) is 0.529. The summed E-state index contributed by atoms with van der Waals surface area (Å²) in [5.74, 6) is 0.00326. The number of carbonyl (C=O) groups excluding carboxylic acids is 2. The number of benzene rings is 1. The van der Waals surface area contributed by atoms with Gasteiger partial charge in [0.25, 0.3) is 0 Å². The summed E-state index contributed by atoms with van der Waals surface area (Å²) in [6.07, 6.45) is 1.09. The summed E-state index contributed by atoms with van der Waals surface area (Å²) in [4.78, 5) is 28.7. The summed E-state index contributed by atoms with van der Waals surface area (Å²) in [5, 5.41) is 3.17. The zero-order valence-corrected chi connectivity index (χ0v) is 14.7. The van der Waals surface area contributed by atoms with Gasteiger partial charge in [-0.1, -0.05) is 18.2 Å². The third kappa shape index (κ3) is 3.88. The molecule has 0 bridgehead atoms. The van der Waals surface area contributed by atoms with E-state index in [0.29, 0.717) is 32.8 Å². The van der Waals surface area contributed by atoms with E-state index in [1.165, 1.54) is 5.56 Å². The van der Waals surface area contributed by atoms with Crippen molar-refractivity contribution in [3.63, 3.8) is 0 Å². The van der Waals surface area contributed by atoms with E-state index in [2.05, 4.69) is 11.4 Å². The minimum atomic E-state index is -0.430. The monoisotopic (exact) mass is 353 g/mol. The second kappa shape index (κ2) is 8.46. The molecule has 2 heterocycles. The van der Waals surface area contributed by atoms with Crippen LogP contribution in [-0.4, -0.2) is 62.7 Å². The Morgan fingerprint density at radius 3 is 2.92 bits per heavy atom. The fourth-order valence-corrected chi connectivity index (χ4v) is 3.26. The zero-order chi connectivity index (χ0) is 16.2. The van der Waals surface area contributed by atoms with Crippen molar-refractivity contribution in [1.29, 1.82) is 0 Å². The zero-order valence-electron chi connectivity index (χ0n) is 13.9. The lowest BCUT2D eigenvalue weighted by atomic mass is 10.1. The molecular weight excluding hydrogens is 330 g/mol. The fourth-order valence-electron chi connectivity index (χ4n) is 3.26. The molecule has 1 N–H and O–H groups in total. The number of halogens is 1. The predicted molar refractivity (Wildman–Crippen MR) is 94.6 cm³/mol. The van der Waals surface area contributed by atoms with E-state index in [9.17, 15) is 9.59 Å². The summed E-state index contributed by atoms with van der Waals surface area (Å²) in [6, 6.07) is 7.54. The van der Waals surface area contributed by atoms with Crippen LogP contribution in [0, 0.1) is 0 Å². The van der Waals surface area contributed by atoms with Crippen LogP contribution in [0.5, 0.6) is 0 Å². The van der Waals surface area contributed by atoms with Gasteiger partial charge in [0.05, 0.1) is 19.1 Å². The molecule has 1 aromatic carbocycles. The maximum absolute atomic E-state index is 12.6. The van der Waals surface area contributed by atoms with Gasteiger partial charge >= 0.3 is 0 Å². The van der Waals surface area contributed by atoms with E-state index in [4.69, 9.17) is 4.74 Å². The van der Waals surface area contributed by atoms with Crippen molar-refractivity contribution in [3.8, 4) is 0 Å². The lowest BCUT2D eigenvalue weighted by Crippen LogP contribution is -2.57. The van der Waals surface area contributed by atoms with Crippen LogP contribution in [0.25, 0.3) is 0 Å². The lowest BCUT2D eigenvalue weighted by molar-refractivity contribution is -0.138. The molecule has 0 spiro atoms. The van der Waals surface area contributed by atoms with Crippen LogP contribution in [-0.2, 0) is 20.7 Å². The van der Waals surface area contributed by atoms with Crippen LogP contribution in [0.1, 0.15) is 12.0 Å². The van der Waals surface area contributed by atoms with Gasteiger partial charge in [0.1, 0.15) is 0 Å². The molecule has 3 rings (SSSR count). The minimum absolute atomic E-state index is 0. The summed E-state index contributed by atoms with van der Waals surface area (Å²) in [6.45, 7) is 3.18. The highest BCUT2D eigenvalue weighted by Crippen LogP contribution is 2.28. The maximum atomic E-state index is 12.6. The molecule has 2 amide bonds. The molecule has 2 aliphatic rings. The second-order valence-electron chi connectivity index (χ2n) is 5.95.